The van der Waals surface area contributed by atoms with Crippen molar-refractivity contribution in [2.45, 2.75) is 69.5 Å². The van der Waals surface area contributed by atoms with Gasteiger partial charge in [-0.2, -0.15) is 5.26 Å². The van der Waals surface area contributed by atoms with Crippen LogP contribution < -0.4 is 5.73 Å². The van der Waals surface area contributed by atoms with Crippen molar-refractivity contribution < 1.29 is 4.79 Å². The second-order valence-corrected chi connectivity index (χ2v) is 6.76. The molecule has 1 aliphatic heterocycles. The van der Waals surface area contributed by atoms with E-state index >= 15 is 0 Å². The molecule has 2 rings (SSSR count). The molecule has 21 heavy (non-hydrogen) atoms. The lowest BCUT2D eigenvalue weighted by Crippen LogP contribution is -2.55. The van der Waals surface area contributed by atoms with Gasteiger partial charge < -0.3 is 10.6 Å². The number of piperidine rings is 1. The average Bonchev–Trinajstić information content (AvgIpc) is 2.50. The van der Waals surface area contributed by atoms with Gasteiger partial charge in [-0.1, -0.05) is 19.3 Å². The Bertz CT molecular complexity index is 411. The lowest BCUT2D eigenvalue weighted by atomic mass is 9.81. The highest BCUT2D eigenvalue weighted by molar-refractivity contribution is 5.79. The van der Waals surface area contributed by atoms with Crippen LogP contribution in [-0.2, 0) is 4.79 Å². The number of likely N-dealkylation sites (N-methyl/N-ethyl adjacent to an activating group) is 1. The van der Waals surface area contributed by atoms with E-state index in [-0.39, 0.29) is 11.9 Å². The molecule has 2 atom stereocenters. The van der Waals surface area contributed by atoms with Crippen LogP contribution in [0.5, 0.6) is 0 Å². The third kappa shape index (κ3) is 3.56. The van der Waals surface area contributed by atoms with Gasteiger partial charge in [-0.3, -0.25) is 9.69 Å². The van der Waals surface area contributed by atoms with E-state index in [1.165, 1.54) is 6.42 Å². The van der Waals surface area contributed by atoms with Gasteiger partial charge in [0, 0.05) is 25.7 Å². The van der Waals surface area contributed by atoms with Gasteiger partial charge in [-0.15, -0.1) is 0 Å². The molecule has 5 heteroatoms. The van der Waals surface area contributed by atoms with E-state index in [0.717, 1.165) is 45.1 Å². The Morgan fingerprint density at radius 2 is 2.10 bits per heavy atom. The molecule has 2 unspecified atom stereocenters. The average molecular weight is 292 g/mol. The number of nitriles is 1. The monoisotopic (exact) mass is 292 g/mol. The van der Waals surface area contributed by atoms with Gasteiger partial charge in [-0.05, 0) is 32.6 Å². The lowest BCUT2D eigenvalue weighted by Gasteiger charge is -2.41. The summed E-state index contributed by atoms with van der Waals surface area (Å²) in [5.74, 6) is 0.0702. The number of likely N-dealkylation sites (tertiary alicyclic amines) is 1. The summed E-state index contributed by atoms with van der Waals surface area (Å²) in [6, 6.07) is 3.02. The van der Waals surface area contributed by atoms with Crippen LogP contribution in [0.15, 0.2) is 0 Å². The quantitative estimate of drug-likeness (QED) is 0.855. The van der Waals surface area contributed by atoms with Crippen LogP contribution in [0.1, 0.15) is 51.9 Å². The summed E-state index contributed by atoms with van der Waals surface area (Å²) in [6.45, 7) is 3.42. The van der Waals surface area contributed by atoms with Gasteiger partial charge in [0.2, 0.25) is 5.91 Å². The molecule has 2 aliphatic rings. The number of carbonyl (C=O) groups is 1. The fraction of sp³-hybridized carbons (Fsp3) is 0.875. The predicted molar refractivity (Wildman–Crippen MR) is 82.4 cm³/mol. The van der Waals surface area contributed by atoms with Crippen molar-refractivity contribution in [3.8, 4) is 6.07 Å². The minimum atomic E-state index is -0.579. The van der Waals surface area contributed by atoms with Crippen molar-refractivity contribution in [3.05, 3.63) is 0 Å². The van der Waals surface area contributed by atoms with Crippen molar-refractivity contribution in [2.24, 2.45) is 5.73 Å². The number of nitrogens with two attached hydrogens (primary N) is 1. The summed E-state index contributed by atoms with van der Waals surface area (Å²) in [6.07, 6.45) is 6.77. The molecule has 1 aliphatic carbocycles. The molecule has 2 fully saturated rings. The summed E-state index contributed by atoms with van der Waals surface area (Å²) < 4.78 is 0. The number of nitrogens with zero attached hydrogens (tertiary/aromatic N) is 3. The van der Waals surface area contributed by atoms with E-state index in [0.29, 0.717) is 12.6 Å². The molecular weight excluding hydrogens is 264 g/mol. The highest BCUT2D eigenvalue weighted by atomic mass is 16.2. The first-order chi connectivity index (χ1) is 9.98. The molecule has 0 bridgehead atoms. The third-order valence-electron chi connectivity index (χ3n) is 5.30. The van der Waals surface area contributed by atoms with Gasteiger partial charge in [0.25, 0.3) is 0 Å². The van der Waals surface area contributed by atoms with E-state index in [1.54, 1.807) is 11.9 Å². The Morgan fingerprint density at radius 1 is 1.43 bits per heavy atom. The highest BCUT2D eigenvalue weighted by Crippen LogP contribution is 2.32. The second-order valence-electron chi connectivity index (χ2n) is 6.76. The summed E-state index contributed by atoms with van der Waals surface area (Å²) in [4.78, 5) is 16.5. The van der Waals surface area contributed by atoms with Gasteiger partial charge in [0.05, 0.1) is 12.6 Å². The number of rotatable bonds is 3. The maximum Gasteiger partial charge on any atom is 0.237 e. The molecule has 1 saturated carbocycles. The van der Waals surface area contributed by atoms with E-state index < -0.39 is 5.54 Å². The van der Waals surface area contributed by atoms with Gasteiger partial charge in [0.1, 0.15) is 5.54 Å². The minimum absolute atomic E-state index is 0.0702. The zero-order chi connectivity index (χ0) is 15.5. The molecule has 0 spiro atoms. The Balaban J connectivity index is 1.97. The van der Waals surface area contributed by atoms with E-state index in [9.17, 15) is 10.1 Å². The number of hydrogen-bond donors (Lipinski definition) is 1. The fourth-order valence-corrected chi connectivity index (χ4v) is 3.67. The van der Waals surface area contributed by atoms with Crippen LogP contribution in [0, 0.1) is 11.3 Å². The van der Waals surface area contributed by atoms with Crippen molar-refractivity contribution in [1.82, 2.24) is 9.80 Å². The summed E-state index contributed by atoms with van der Waals surface area (Å²) in [5.41, 5.74) is 5.39. The number of amides is 1. The maximum absolute atomic E-state index is 12.6. The van der Waals surface area contributed by atoms with Crippen molar-refractivity contribution in [2.75, 3.05) is 20.1 Å². The molecule has 1 heterocycles. The van der Waals surface area contributed by atoms with E-state index in [2.05, 4.69) is 17.9 Å². The maximum atomic E-state index is 12.6. The molecule has 0 aromatic carbocycles. The molecular formula is C16H28N4O. The standard InChI is InChI=1S/C16H28N4O/c1-13-10-14(18)6-9-20(13)11-15(21)19(2)16(12-17)7-4-3-5-8-16/h13-14H,3-11,18H2,1-2H3. The molecule has 0 aromatic rings. The number of carbonyl (C=O) groups excluding carboxylic acids is 1. The first kappa shape index (κ1) is 16.3. The minimum Gasteiger partial charge on any atom is -0.328 e. The predicted octanol–water partition coefficient (Wildman–Crippen LogP) is 1.48. The van der Waals surface area contributed by atoms with Crippen LogP contribution in [0.2, 0.25) is 0 Å². The van der Waals surface area contributed by atoms with Crippen LogP contribution in [0.3, 0.4) is 0 Å². The summed E-state index contributed by atoms with van der Waals surface area (Å²) >= 11 is 0. The van der Waals surface area contributed by atoms with Crippen LogP contribution in [-0.4, -0.2) is 53.5 Å². The van der Waals surface area contributed by atoms with Crippen molar-refractivity contribution in [3.63, 3.8) is 0 Å². The fourth-order valence-electron chi connectivity index (χ4n) is 3.67. The van der Waals surface area contributed by atoms with E-state index in [1.807, 2.05) is 0 Å². The van der Waals surface area contributed by atoms with Crippen LogP contribution >= 0.6 is 0 Å². The Kier molecular flexibility index (Phi) is 5.23. The molecule has 0 radical (unpaired) electrons. The largest absolute Gasteiger partial charge is 0.328 e. The van der Waals surface area contributed by atoms with Crippen molar-refractivity contribution in [1.29, 1.82) is 5.26 Å². The zero-order valence-corrected chi connectivity index (χ0v) is 13.3. The second kappa shape index (κ2) is 6.76. The number of hydrogen-bond acceptors (Lipinski definition) is 4. The van der Waals surface area contributed by atoms with Gasteiger partial charge in [-0.25, -0.2) is 0 Å². The molecule has 1 amide bonds. The van der Waals surface area contributed by atoms with E-state index in [4.69, 9.17) is 5.73 Å². The normalized spacial score (nSPS) is 29.6. The third-order valence-corrected chi connectivity index (χ3v) is 5.30. The zero-order valence-electron chi connectivity index (χ0n) is 13.3. The SMILES string of the molecule is CC1CC(N)CCN1CC(=O)N(C)C1(C#N)CCCCC1. The summed E-state index contributed by atoms with van der Waals surface area (Å²) in [7, 11) is 1.80. The summed E-state index contributed by atoms with van der Waals surface area (Å²) in [5, 5.41) is 9.58. The molecule has 2 N–H and O–H groups in total. The first-order valence-electron chi connectivity index (χ1n) is 8.16. The Labute approximate surface area is 128 Å². The topological polar surface area (TPSA) is 73.4 Å². The molecule has 118 valence electrons. The molecule has 0 aromatic heterocycles. The highest BCUT2D eigenvalue weighted by Gasteiger charge is 2.39. The molecule has 1 saturated heterocycles. The Morgan fingerprint density at radius 3 is 2.67 bits per heavy atom. The van der Waals surface area contributed by atoms with Crippen molar-refractivity contribution >= 4 is 5.91 Å². The smallest absolute Gasteiger partial charge is 0.237 e. The van der Waals surface area contributed by atoms with Crippen LogP contribution in [0.25, 0.3) is 0 Å². The first-order valence-corrected chi connectivity index (χ1v) is 8.16. The lowest BCUT2D eigenvalue weighted by molar-refractivity contribution is -0.137. The van der Waals surface area contributed by atoms with Gasteiger partial charge in [0.15, 0.2) is 0 Å². The van der Waals surface area contributed by atoms with Crippen LogP contribution in [0.4, 0.5) is 0 Å². The Hall–Kier alpha value is -1.12. The molecule has 5 nitrogen and oxygen atoms in total. The van der Waals surface area contributed by atoms with Gasteiger partial charge >= 0.3 is 0 Å².